The third-order valence-electron chi connectivity index (χ3n) is 4.12. The lowest BCUT2D eigenvalue weighted by Crippen LogP contribution is -2.20. The predicted octanol–water partition coefficient (Wildman–Crippen LogP) is 5.16. The molecular weight excluding hydrogens is 332 g/mol. The number of carbonyl (C=O) groups excluding carboxylic acids is 1. The first kappa shape index (κ1) is 19.2. The summed E-state index contributed by atoms with van der Waals surface area (Å²) in [6.07, 6.45) is 0. The van der Waals surface area contributed by atoms with Crippen molar-refractivity contribution < 1.29 is 9.90 Å². The van der Waals surface area contributed by atoms with Gasteiger partial charge in [-0.15, -0.1) is 11.3 Å². The number of nitrogens with one attached hydrogen (secondary N) is 1. The number of aryl methyl sites for hydroxylation is 1. The third kappa shape index (κ3) is 4.48. The molecular formula is C20H26N2O2S. The molecule has 0 unspecified atom stereocenters. The third-order valence-corrected chi connectivity index (χ3v) is 5.23. The van der Waals surface area contributed by atoms with Crippen LogP contribution in [0, 0.1) is 6.92 Å². The summed E-state index contributed by atoms with van der Waals surface area (Å²) in [5.41, 5.74) is 5.40. The van der Waals surface area contributed by atoms with Crippen molar-refractivity contribution >= 4 is 23.0 Å². The Labute approximate surface area is 153 Å². The highest BCUT2D eigenvalue weighted by Gasteiger charge is 2.19. The van der Waals surface area contributed by atoms with Crippen LogP contribution in [0.3, 0.4) is 0 Å². The molecule has 4 nitrogen and oxygen atoms in total. The fourth-order valence-electron chi connectivity index (χ4n) is 2.51. The van der Waals surface area contributed by atoms with E-state index in [-0.39, 0.29) is 23.1 Å². The van der Waals surface area contributed by atoms with Crippen LogP contribution in [-0.2, 0) is 0 Å². The van der Waals surface area contributed by atoms with Gasteiger partial charge in [0, 0.05) is 4.88 Å². The Balaban J connectivity index is 2.32. The van der Waals surface area contributed by atoms with E-state index in [0.29, 0.717) is 0 Å². The minimum absolute atomic E-state index is 0.0386. The van der Waals surface area contributed by atoms with Crippen LogP contribution in [0.2, 0.25) is 0 Å². The van der Waals surface area contributed by atoms with Gasteiger partial charge in [-0.2, -0.15) is 5.10 Å². The summed E-state index contributed by atoms with van der Waals surface area (Å²) in [4.78, 5) is 14.8. The highest BCUT2D eigenvalue weighted by atomic mass is 32.1. The molecule has 2 N–H and O–H groups in total. The molecule has 134 valence electrons. The number of nitrogens with zero attached hydrogens (tertiary/aromatic N) is 1. The SMILES string of the molecule is CC(=NNC(=O)c1cc(C(C)C)cc(C(C)C)c1O)c1ccc(C)s1. The molecule has 0 spiro atoms. The molecule has 1 heterocycles. The first-order valence-electron chi connectivity index (χ1n) is 8.49. The van der Waals surface area contributed by atoms with Crippen molar-refractivity contribution in [1.29, 1.82) is 0 Å². The molecule has 2 rings (SSSR count). The lowest BCUT2D eigenvalue weighted by atomic mass is 9.92. The average Bonchev–Trinajstić information content (AvgIpc) is 2.98. The number of amides is 1. The minimum Gasteiger partial charge on any atom is -0.507 e. The van der Waals surface area contributed by atoms with E-state index in [1.54, 1.807) is 17.4 Å². The van der Waals surface area contributed by atoms with Gasteiger partial charge in [-0.05, 0) is 55.0 Å². The molecule has 0 fully saturated rings. The van der Waals surface area contributed by atoms with Crippen molar-refractivity contribution in [3.8, 4) is 5.75 Å². The van der Waals surface area contributed by atoms with Crippen LogP contribution < -0.4 is 5.43 Å². The number of hydrogen-bond donors (Lipinski definition) is 2. The number of rotatable bonds is 5. The summed E-state index contributed by atoms with van der Waals surface area (Å²) >= 11 is 1.63. The number of aromatic hydroxyl groups is 1. The molecule has 1 amide bonds. The summed E-state index contributed by atoms with van der Waals surface area (Å²) in [6, 6.07) is 7.73. The predicted molar refractivity (Wildman–Crippen MR) is 105 cm³/mol. The maximum Gasteiger partial charge on any atom is 0.275 e. The summed E-state index contributed by atoms with van der Waals surface area (Å²) in [5, 5.41) is 14.7. The zero-order valence-electron chi connectivity index (χ0n) is 15.7. The molecule has 0 aliphatic heterocycles. The highest BCUT2D eigenvalue weighted by Crippen LogP contribution is 2.33. The summed E-state index contributed by atoms with van der Waals surface area (Å²) in [5.74, 6) is 0.0415. The molecule has 0 radical (unpaired) electrons. The van der Waals surface area contributed by atoms with Gasteiger partial charge in [0.25, 0.3) is 5.91 Å². The Kier molecular flexibility index (Phi) is 6.01. The van der Waals surface area contributed by atoms with Crippen LogP contribution in [0.1, 0.15) is 77.7 Å². The molecule has 0 bridgehead atoms. The Morgan fingerprint density at radius 2 is 1.84 bits per heavy atom. The second-order valence-corrected chi connectivity index (χ2v) is 8.15. The Morgan fingerprint density at radius 1 is 1.16 bits per heavy atom. The zero-order valence-corrected chi connectivity index (χ0v) is 16.5. The zero-order chi connectivity index (χ0) is 18.7. The highest BCUT2D eigenvalue weighted by molar-refractivity contribution is 7.14. The molecule has 0 aliphatic rings. The quantitative estimate of drug-likeness (QED) is 0.572. The molecule has 0 atom stereocenters. The molecule has 0 saturated carbocycles. The van der Waals surface area contributed by atoms with Crippen molar-refractivity contribution in [2.75, 3.05) is 0 Å². The Bertz CT molecular complexity index is 804. The van der Waals surface area contributed by atoms with Gasteiger partial charge in [0.1, 0.15) is 5.75 Å². The normalized spacial score (nSPS) is 12.1. The summed E-state index contributed by atoms with van der Waals surface area (Å²) in [7, 11) is 0. The second kappa shape index (κ2) is 7.83. The van der Waals surface area contributed by atoms with Crippen LogP contribution in [0.25, 0.3) is 0 Å². The first-order valence-corrected chi connectivity index (χ1v) is 9.30. The summed E-state index contributed by atoms with van der Waals surface area (Å²) < 4.78 is 0. The lowest BCUT2D eigenvalue weighted by molar-refractivity contribution is 0.0952. The van der Waals surface area contributed by atoms with Crippen molar-refractivity contribution in [2.45, 2.75) is 53.4 Å². The van der Waals surface area contributed by atoms with Crippen molar-refractivity contribution in [3.63, 3.8) is 0 Å². The van der Waals surface area contributed by atoms with E-state index >= 15 is 0 Å². The molecule has 1 aromatic heterocycles. The van der Waals surface area contributed by atoms with E-state index in [9.17, 15) is 9.90 Å². The molecule has 2 aromatic rings. The van der Waals surface area contributed by atoms with Crippen LogP contribution in [0.5, 0.6) is 5.75 Å². The number of phenolic OH excluding ortho intramolecular Hbond substituents is 1. The smallest absolute Gasteiger partial charge is 0.275 e. The molecule has 5 heteroatoms. The van der Waals surface area contributed by atoms with Gasteiger partial charge in [0.2, 0.25) is 0 Å². The van der Waals surface area contributed by atoms with Gasteiger partial charge in [-0.1, -0.05) is 33.8 Å². The van der Waals surface area contributed by atoms with E-state index in [2.05, 4.69) is 24.4 Å². The largest absolute Gasteiger partial charge is 0.507 e. The number of benzene rings is 1. The standard InChI is InChI=1S/C20H26N2O2S/c1-11(2)15-9-16(12(3)4)19(23)17(10-15)20(24)22-21-14(6)18-8-7-13(5)25-18/h7-12,23H,1-6H3,(H,22,24). The maximum absolute atomic E-state index is 12.6. The topological polar surface area (TPSA) is 61.7 Å². The van der Waals surface area contributed by atoms with Gasteiger partial charge in [-0.3, -0.25) is 4.79 Å². The molecule has 1 aromatic carbocycles. The first-order chi connectivity index (χ1) is 11.7. The number of thiophene rings is 1. The number of carbonyl (C=O) groups is 1. The maximum atomic E-state index is 12.6. The number of hydrazone groups is 1. The number of phenols is 1. The van der Waals surface area contributed by atoms with E-state index < -0.39 is 5.91 Å². The van der Waals surface area contributed by atoms with E-state index in [1.165, 1.54) is 4.88 Å². The van der Waals surface area contributed by atoms with Gasteiger partial charge in [-0.25, -0.2) is 5.43 Å². The molecule has 0 saturated heterocycles. The van der Waals surface area contributed by atoms with Crippen molar-refractivity contribution in [3.05, 3.63) is 50.7 Å². The van der Waals surface area contributed by atoms with Crippen LogP contribution in [0.4, 0.5) is 0 Å². The number of hydrogen-bond acceptors (Lipinski definition) is 4. The fraction of sp³-hybridized carbons (Fsp3) is 0.400. The van der Waals surface area contributed by atoms with Crippen LogP contribution in [-0.4, -0.2) is 16.7 Å². The fourth-order valence-corrected chi connectivity index (χ4v) is 3.32. The van der Waals surface area contributed by atoms with Crippen LogP contribution in [0.15, 0.2) is 29.4 Å². The van der Waals surface area contributed by atoms with Crippen molar-refractivity contribution in [1.82, 2.24) is 5.43 Å². The van der Waals surface area contributed by atoms with Gasteiger partial charge in [0.05, 0.1) is 16.2 Å². The van der Waals surface area contributed by atoms with E-state index in [0.717, 1.165) is 21.7 Å². The van der Waals surface area contributed by atoms with E-state index in [1.807, 2.05) is 45.9 Å². The minimum atomic E-state index is -0.394. The Hall–Kier alpha value is -2.14. The van der Waals surface area contributed by atoms with Gasteiger partial charge >= 0.3 is 0 Å². The van der Waals surface area contributed by atoms with Crippen molar-refractivity contribution in [2.24, 2.45) is 5.10 Å². The lowest BCUT2D eigenvalue weighted by Gasteiger charge is -2.16. The van der Waals surface area contributed by atoms with Crippen LogP contribution >= 0.6 is 11.3 Å². The van der Waals surface area contributed by atoms with E-state index in [4.69, 9.17) is 0 Å². The Morgan fingerprint density at radius 3 is 2.36 bits per heavy atom. The van der Waals surface area contributed by atoms with Gasteiger partial charge < -0.3 is 5.11 Å². The molecule has 25 heavy (non-hydrogen) atoms. The second-order valence-electron chi connectivity index (χ2n) is 6.86. The molecule has 0 aliphatic carbocycles. The van der Waals surface area contributed by atoms with Gasteiger partial charge in [0.15, 0.2) is 0 Å². The summed E-state index contributed by atoms with van der Waals surface area (Å²) in [6.45, 7) is 12.0. The average molecular weight is 359 g/mol. The monoisotopic (exact) mass is 358 g/mol.